The van der Waals surface area contributed by atoms with E-state index in [2.05, 4.69) is 20.4 Å². The molecule has 3 heterocycles. The normalized spacial score (nSPS) is 10.9. The second kappa shape index (κ2) is 7.17. The number of aromatic nitrogens is 4. The van der Waals surface area contributed by atoms with E-state index in [9.17, 15) is 4.79 Å². The highest BCUT2D eigenvalue weighted by molar-refractivity contribution is 6.31. The first-order valence-electron chi connectivity index (χ1n) is 8.40. The Morgan fingerprint density at radius 2 is 2.11 bits per heavy atom. The van der Waals surface area contributed by atoms with Gasteiger partial charge < -0.3 is 5.32 Å². The van der Waals surface area contributed by atoms with E-state index in [1.54, 1.807) is 29.2 Å². The van der Waals surface area contributed by atoms with Gasteiger partial charge in [-0.25, -0.2) is 9.67 Å². The van der Waals surface area contributed by atoms with Gasteiger partial charge in [-0.1, -0.05) is 17.7 Å². The number of hydrogen-bond acceptors (Lipinski definition) is 4. The van der Waals surface area contributed by atoms with Crippen molar-refractivity contribution in [3.8, 4) is 5.82 Å². The Bertz CT molecular complexity index is 1110. The van der Waals surface area contributed by atoms with Gasteiger partial charge in [0, 0.05) is 35.5 Å². The zero-order valence-corrected chi connectivity index (χ0v) is 15.3. The Morgan fingerprint density at radius 1 is 1.22 bits per heavy atom. The summed E-state index contributed by atoms with van der Waals surface area (Å²) in [6, 6.07) is 12.9. The molecule has 0 fully saturated rings. The van der Waals surface area contributed by atoms with Crippen molar-refractivity contribution in [2.24, 2.45) is 0 Å². The molecule has 7 heteroatoms. The summed E-state index contributed by atoms with van der Waals surface area (Å²) in [5.41, 5.74) is 2.92. The minimum absolute atomic E-state index is 0.182. The van der Waals surface area contributed by atoms with Crippen molar-refractivity contribution in [1.29, 1.82) is 0 Å². The van der Waals surface area contributed by atoms with Crippen LogP contribution < -0.4 is 5.32 Å². The number of hydrogen-bond donors (Lipinski definition) is 1. The summed E-state index contributed by atoms with van der Waals surface area (Å²) < 4.78 is 1.68. The summed E-state index contributed by atoms with van der Waals surface area (Å²) in [5.74, 6) is 0.541. The molecular formula is C20H16ClN5O. The van der Waals surface area contributed by atoms with Crippen molar-refractivity contribution in [2.45, 2.75) is 13.5 Å². The van der Waals surface area contributed by atoms with Crippen LogP contribution in [0, 0.1) is 6.92 Å². The van der Waals surface area contributed by atoms with Crippen LogP contribution in [-0.2, 0) is 6.54 Å². The smallest absolute Gasteiger partial charge is 0.253 e. The summed E-state index contributed by atoms with van der Waals surface area (Å²) in [5, 5.41) is 8.50. The van der Waals surface area contributed by atoms with Crippen molar-refractivity contribution >= 4 is 28.4 Å². The third-order valence-electron chi connectivity index (χ3n) is 4.21. The van der Waals surface area contributed by atoms with E-state index in [0.29, 0.717) is 22.8 Å². The topological polar surface area (TPSA) is 72.7 Å². The molecule has 3 aromatic heterocycles. The van der Waals surface area contributed by atoms with Gasteiger partial charge in [-0.2, -0.15) is 5.10 Å². The number of carbonyl (C=O) groups excluding carboxylic acids is 1. The lowest BCUT2D eigenvalue weighted by molar-refractivity contribution is 0.0950. The molecule has 4 rings (SSSR count). The van der Waals surface area contributed by atoms with Crippen molar-refractivity contribution < 1.29 is 4.79 Å². The fraction of sp³-hybridized carbons (Fsp3) is 0.100. The third kappa shape index (κ3) is 3.66. The van der Waals surface area contributed by atoms with Gasteiger partial charge in [0.15, 0.2) is 5.82 Å². The standard InChI is InChI=1S/C20H16ClN5O/c1-13-17(10-15-9-16(21)4-5-18(15)25-13)20(27)23-12-14-3-6-19(22-11-14)26-8-2-7-24-26/h2-11H,12H2,1H3,(H,23,27). The van der Waals surface area contributed by atoms with Crippen LogP contribution in [0.25, 0.3) is 16.7 Å². The highest BCUT2D eigenvalue weighted by Crippen LogP contribution is 2.20. The average Bonchev–Trinajstić information content (AvgIpc) is 3.21. The van der Waals surface area contributed by atoms with E-state index in [-0.39, 0.29) is 5.91 Å². The van der Waals surface area contributed by atoms with Crippen LogP contribution in [0.2, 0.25) is 5.02 Å². The number of aryl methyl sites for hydroxylation is 1. The largest absolute Gasteiger partial charge is 0.348 e. The van der Waals surface area contributed by atoms with Crippen LogP contribution >= 0.6 is 11.6 Å². The number of benzene rings is 1. The van der Waals surface area contributed by atoms with Crippen LogP contribution in [0.1, 0.15) is 21.6 Å². The van der Waals surface area contributed by atoms with E-state index in [4.69, 9.17) is 11.6 Å². The average molecular weight is 378 g/mol. The number of nitrogens with zero attached hydrogens (tertiary/aromatic N) is 4. The zero-order chi connectivity index (χ0) is 18.8. The van der Waals surface area contributed by atoms with Gasteiger partial charge in [0.2, 0.25) is 0 Å². The van der Waals surface area contributed by atoms with Gasteiger partial charge in [0.05, 0.1) is 16.8 Å². The van der Waals surface area contributed by atoms with Gasteiger partial charge in [-0.15, -0.1) is 0 Å². The molecule has 1 N–H and O–H groups in total. The fourth-order valence-electron chi connectivity index (χ4n) is 2.81. The van der Waals surface area contributed by atoms with Crippen LogP contribution in [0.15, 0.2) is 61.1 Å². The molecule has 0 aliphatic carbocycles. The summed E-state index contributed by atoms with van der Waals surface area (Å²) >= 11 is 6.04. The second-order valence-electron chi connectivity index (χ2n) is 6.12. The van der Waals surface area contributed by atoms with Gasteiger partial charge in [0.25, 0.3) is 5.91 Å². The molecule has 27 heavy (non-hydrogen) atoms. The molecule has 1 aromatic carbocycles. The number of rotatable bonds is 4. The Balaban J connectivity index is 1.49. The second-order valence-corrected chi connectivity index (χ2v) is 6.55. The summed E-state index contributed by atoms with van der Waals surface area (Å²) in [6.45, 7) is 2.20. The number of halogens is 1. The van der Waals surface area contributed by atoms with E-state index in [1.165, 1.54) is 0 Å². The molecule has 1 amide bonds. The lowest BCUT2D eigenvalue weighted by atomic mass is 10.1. The van der Waals surface area contributed by atoms with Gasteiger partial charge in [-0.05, 0) is 48.9 Å². The Kier molecular flexibility index (Phi) is 4.56. The number of pyridine rings is 2. The van der Waals surface area contributed by atoms with Crippen LogP contribution in [0.5, 0.6) is 0 Å². The SMILES string of the molecule is Cc1nc2ccc(Cl)cc2cc1C(=O)NCc1ccc(-n2cccn2)nc1. The van der Waals surface area contributed by atoms with Crippen molar-refractivity contribution in [3.05, 3.63) is 82.9 Å². The first-order valence-corrected chi connectivity index (χ1v) is 8.78. The minimum atomic E-state index is -0.182. The van der Waals surface area contributed by atoms with E-state index < -0.39 is 0 Å². The maximum Gasteiger partial charge on any atom is 0.253 e. The van der Waals surface area contributed by atoms with Gasteiger partial charge in [0.1, 0.15) is 0 Å². The van der Waals surface area contributed by atoms with Crippen molar-refractivity contribution in [3.63, 3.8) is 0 Å². The van der Waals surface area contributed by atoms with Crippen LogP contribution in [0.3, 0.4) is 0 Å². The van der Waals surface area contributed by atoms with E-state index in [1.807, 2.05) is 43.5 Å². The predicted molar refractivity (Wildman–Crippen MR) is 104 cm³/mol. The number of carbonyl (C=O) groups is 1. The number of amides is 1. The third-order valence-corrected chi connectivity index (χ3v) is 4.45. The first kappa shape index (κ1) is 17.2. The molecule has 0 saturated heterocycles. The highest BCUT2D eigenvalue weighted by atomic mass is 35.5. The molecular weight excluding hydrogens is 362 g/mol. The molecule has 0 unspecified atom stereocenters. The minimum Gasteiger partial charge on any atom is -0.348 e. The Hall–Kier alpha value is -3.25. The van der Waals surface area contributed by atoms with Crippen molar-refractivity contribution in [1.82, 2.24) is 25.1 Å². The highest BCUT2D eigenvalue weighted by Gasteiger charge is 2.12. The molecule has 134 valence electrons. The monoisotopic (exact) mass is 377 g/mol. The quantitative estimate of drug-likeness (QED) is 0.588. The zero-order valence-electron chi connectivity index (χ0n) is 14.6. The fourth-order valence-corrected chi connectivity index (χ4v) is 2.99. The molecule has 0 saturated carbocycles. The van der Waals surface area contributed by atoms with Crippen LogP contribution in [-0.4, -0.2) is 25.7 Å². The van der Waals surface area contributed by atoms with E-state index in [0.717, 1.165) is 22.3 Å². The maximum absolute atomic E-state index is 12.6. The lowest BCUT2D eigenvalue weighted by Crippen LogP contribution is -2.24. The molecule has 0 spiro atoms. The Labute approximate surface area is 160 Å². The number of fused-ring (bicyclic) bond motifs is 1. The molecule has 0 bridgehead atoms. The molecule has 4 aromatic rings. The summed E-state index contributed by atoms with van der Waals surface area (Å²) in [6.07, 6.45) is 5.25. The van der Waals surface area contributed by atoms with Crippen molar-refractivity contribution in [2.75, 3.05) is 0 Å². The predicted octanol–water partition coefficient (Wildman–Crippen LogP) is 3.71. The molecule has 0 aliphatic heterocycles. The van der Waals surface area contributed by atoms with E-state index >= 15 is 0 Å². The first-order chi connectivity index (χ1) is 13.1. The molecule has 0 radical (unpaired) electrons. The number of nitrogens with one attached hydrogen (secondary N) is 1. The Morgan fingerprint density at radius 3 is 2.85 bits per heavy atom. The molecule has 6 nitrogen and oxygen atoms in total. The van der Waals surface area contributed by atoms with Gasteiger partial charge in [-0.3, -0.25) is 9.78 Å². The summed E-state index contributed by atoms with van der Waals surface area (Å²) in [7, 11) is 0. The lowest BCUT2D eigenvalue weighted by Gasteiger charge is -2.09. The van der Waals surface area contributed by atoms with Crippen LogP contribution in [0.4, 0.5) is 0 Å². The van der Waals surface area contributed by atoms with Gasteiger partial charge >= 0.3 is 0 Å². The molecule has 0 atom stereocenters. The molecule has 0 aliphatic rings. The maximum atomic E-state index is 12.6. The summed E-state index contributed by atoms with van der Waals surface area (Å²) in [4.78, 5) is 21.5.